The third-order valence-electron chi connectivity index (χ3n) is 7.00. The van der Waals surface area contributed by atoms with Crippen LogP contribution >= 0.6 is 0 Å². The first-order chi connectivity index (χ1) is 17.0. The number of nitrogens with zero attached hydrogens (tertiary/aromatic N) is 2. The van der Waals surface area contributed by atoms with Gasteiger partial charge in [-0.2, -0.15) is 13.2 Å². The Balaban J connectivity index is 1.69. The standard InChI is InChI=1S/C26H33F3N4O3/c1-5-19(17-8-6-9-18(15(17)2)26(27,28)29)32-23-22(24-35-12-13-36-24)20(30-16(3)31-23)14-21(34)33-25(4)10-7-11-25/h6,8-9,19,24H,5,7,10-14H2,1-4H3,(H,33,34)(H,30,31,32)/t19-/m1/s1. The number of anilines is 1. The second-order valence-electron chi connectivity index (χ2n) is 9.82. The highest BCUT2D eigenvalue weighted by Gasteiger charge is 2.36. The lowest BCUT2D eigenvalue weighted by atomic mass is 9.78. The highest BCUT2D eigenvalue weighted by atomic mass is 19.4. The van der Waals surface area contributed by atoms with Crippen LogP contribution in [0, 0.1) is 13.8 Å². The first-order valence-corrected chi connectivity index (χ1v) is 12.4. The van der Waals surface area contributed by atoms with Crippen LogP contribution in [0.1, 0.15) is 85.6 Å². The number of ether oxygens (including phenoxy) is 2. The van der Waals surface area contributed by atoms with Gasteiger partial charge in [-0.15, -0.1) is 0 Å². The van der Waals surface area contributed by atoms with Crippen LogP contribution in [0.2, 0.25) is 0 Å². The van der Waals surface area contributed by atoms with Gasteiger partial charge in [0.1, 0.15) is 11.6 Å². The molecule has 7 nitrogen and oxygen atoms in total. The lowest BCUT2D eigenvalue weighted by molar-refractivity contribution is -0.138. The molecule has 1 aliphatic carbocycles. The van der Waals surface area contributed by atoms with E-state index in [0.29, 0.717) is 48.1 Å². The fraction of sp³-hybridized carbons (Fsp3) is 0.577. The maximum Gasteiger partial charge on any atom is 0.416 e. The van der Waals surface area contributed by atoms with Gasteiger partial charge in [-0.05, 0) is 63.6 Å². The van der Waals surface area contributed by atoms with Crippen LogP contribution in [0.4, 0.5) is 19.0 Å². The van der Waals surface area contributed by atoms with E-state index in [9.17, 15) is 18.0 Å². The number of alkyl halides is 3. The van der Waals surface area contributed by atoms with Gasteiger partial charge in [-0.1, -0.05) is 19.1 Å². The lowest BCUT2D eigenvalue weighted by Gasteiger charge is -2.39. The molecular weight excluding hydrogens is 473 g/mol. The van der Waals surface area contributed by atoms with Gasteiger partial charge in [0.15, 0.2) is 6.29 Å². The van der Waals surface area contributed by atoms with Crippen molar-refractivity contribution in [1.29, 1.82) is 0 Å². The topological polar surface area (TPSA) is 85.4 Å². The number of aromatic nitrogens is 2. The van der Waals surface area contributed by atoms with Crippen molar-refractivity contribution < 1.29 is 27.4 Å². The Morgan fingerprint density at radius 1 is 1.19 bits per heavy atom. The smallest absolute Gasteiger partial charge is 0.363 e. The zero-order valence-corrected chi connectivity index (χ0v) is 21.1. The molecule has 196 valence electrons. The Kier molecular flexibility index (Phi) is 7.56. The molecule has 1 aromatic carbocycles. The molecule has 2 aliphatic rings. The Bertz CT molecular complexity index is 1110. The molecule has 1 saturated carbocycles. The molecule has 0 unspecified atom stereocenters. The van der Waals surface area contributed by atoms with E-state index >= 15 is 0 Å². The third-order valence-corrected chi connectivity index (χ3v) is 7.00. The Morgan fingerprint density at radius 3 is 2.47 bits per heavy atom. The van der Waals surface area contributed by atoms with Gasteiger partial charge >= 0.3 is 6.18 Å². The molecule has 2 heterocycles. The van der Waals surface area contributed by atoms with E-state index in [0.717, 1.165) is 25.3 Å². The fourth-order valence-electron chi connectivity index (χ4n) is 4.92. The van der Waals surface area contributed by atoms with E-state index in [1.165, 1.54) is 13.0 Å². The van der Waals surface area contributed by atoms with Gasteiger partial charge in [0.25, 0.3) is 0 Å². The molecule has 1 amide bonds. The predicted molar refractivity (Wildman–Crippen MR) is 128 cm³/mol. The molecular formula is C26H33F3N4O3. The van der Waals surface area contributed by atoms with Gasteiger partial charge in [0.2, 0.25) is 5.91 Å². The number of carbonyl (C=O) groups excluding carboxylic acids is 1. The van der Waals surface area contributed by atoms with Gasteiger partial charge in [0.05, 0.1) is 42.5 Å². The zero-order chi connectivity index (χ0) is 26.1. The van der Waals surface area contributed by atoms with Gasteiger partial charge in [-0.25, -0.2) is 9.97 Å². The predicted octanol–water partition coefficient (Wildman–Crippen LogP) is 5.32. The molecule has 2 aromatic rings. The Labute approximate surface area is 209 Å². The summed E-state index contributed by atoms with van der Waals surface area (Å²) in [6, 6.07) is 3.74. The average Bonchev–Trinajstić information content (AvgIpc) is 3.30. The molecule has 1 aliphatic heterocycles. The number of amides is 1. The SMILES string of the molecule is CC[C@@H](Nc1nc(C)nc(CC(=O)NC2(C)CCC2)c1C1OCCO1)c1cccc(C(F)(F)F)c1C. The van der Waals surface area contributed by atoms with Crippen LogP contribution in [-0.4, -0.2) is 34.6 Å². The van der Waals surface area contributed by atoms with Crippen LogP contribution in [0.5, 0.6) is 0 Å². The molecule has 36 heavy (non-hydrogen) atoms. The Morgan fingerprint density at radius 2 is 1.89 bits per heavy atom. The molecule has 2 N–H and O–H groups in total. The summed E-state index contributed by atoms with van der Waals surface area (Å²) in [6.45, 7) is 7.88. The maximum absolute atomic E-state index is 13.6. The third kappa shape index (κ3) is 5.64. The summed E-state index contributed by atoms with van der Waals surface area (Å²) in [7, 11) is 0. The number of nitrogens with one attached hydrogen (secondary N) is 2. The quantitative estimate of drug-likeness (QED) is 0.504. The summed E-state index contributed by atoms with van der Waals surface area (Å²) in [5.74, 6) is 0.685. The number of benzene rings is 1. The number of aryl methyl sites for hydroxylation is 1. The van der Waals surface area contributed by atoms with Crippen molar-refractivity contribution in [3.8, 4) is 0 Å². The van der Waals surface area contributed by atoms with Crippen molar-refractivity contribution in [2.45, 2.75) is 83.8 Å². The largest absolute Gasteiger partial charge is 0.416 e. The van der Waals surface area contributed by atoms with E-state index in [4.69, 9.17) is 9.47 Å². The van der Waals surface area contributed by atoms with Crippen LogP contribution in [0.25, 0.3) is 0 Å². The minimum atomic E-state index is -4.45. The van der Waals surface area contributed by atoms with E-state index in [2.05, 4.69) is 20.6 Å². The van der Waals surface area contributed by atoms with Crippen molar-refractivity contribution in [1.82, 2.24) is 15.3 Å². The van der Waals surface area contributed by atoms with Crippen molar-refractivity contribution in [3.63, 3.8) is 0 Å². The van der Waals surface area contributed by atoms with E-state index in [1.54, 1.807) is 13.0 Å². The number of carbonyl (C=O) groups is 1. The van der Waals surface area contributed by atoms with Crippen LogP contribution in [0.15, 0.2) is 18.2 Å². The minimum Gasteiger partial charge on any atom is -0.363 e. The van der Waals surface area contributed by atoms with Gasteiger partial charge in [0, 0.05) is 5.54 Å². The van der Waals surface area contributed by atoms with Crippen molar-refractivity contribution in [3.05, 3.63) is 52.0 Å². The van der Waals surface area contributed by atoms with Gasteiger partial charge < -0.3 is 20.1 Å². The summed E-state index contributed by atoms with van der Waals surface area (Å²) in [5, 5.41) is 6.42. The summed E-state index contributed by atoms with van der Waals surface area (Å²) in [5.41, 5.74) is 0.819. The van der Waals surface area contributed by atoms with Crippen molar-refractivity contribution in [2.24, 2.45) is 0 Å². The zero-order valence-electron chi connectivity index (χ0n) is 21.1. The molecule has 4 rings (SSSR count). The summed E-state index contributed by atoms with van der Waals surface area (Å²) in [4.78, 5) is 22.0. The number of hydrogen-bond donors (Lipinski definition) is 2. The van der Waals surface area contributed by atoms with E-state index in [-0.39, 0.29) is 23.4 Å². The van der Waals surface area contributed by atoms with Crippen LogP contribution in [0.3, 0.4) is 0 Å². The Hall–Kier alpha value is -2.72. The average molecular weight is 507 g/mol. The number of halogens is 3. The monoisotopic (exact) mass is 506 g/mol. The van der Waals surface area contributed by atoms with E-state index < -0.39 is 24.1 Å². The van der Waals surface area contributed by atoms with Crippen LogP contribution in [-0.2, 0) is 26.9 Å². The maximum atomic E-state index is 13.6. The molecule has 0 radical (unpaired) electrons. The minimum absolute atomic E-state index is 0.0194. The molecule has 0 bridgehead atoms. The fourth-order valence-corrected chi connectivity index (χ4v) is 4.92. The van der Waals surface area contributed by atoms with Crippen molar-refractivity contribution >= 4 is 11.7 Å². The number of rotatable bonds is 8. The molecule has 0 spiro atoms. The van der Waals surface area contributed by atoms with Gasteiger partial charge in [-0.3, -0.25) is 4.79 Å². The summed E-state index contributed by atoms with van der Waals surface area (Å²) < 4.78 is 52.2. The summed E-state index contributed by atoms with van der Waals surface area (Å²) in [6.07, 6.45) is -1.74. The molecule has 10 heteroatoms. The first-order valence-electron chi connectivity index (χ1n) is 12.4. The highest BCUT2D eigenvalue weighted by Crippen LogP contribution is 2.38. The second kappa shape index (κ2) is 10.3. The van der Waals surface area contributed by atoms with E-state index in [1.807, 2.05) is 13.8 Å². The molecule has 2 fully saturated rings. The summed E-state index contributed by atoms with van der Waals surface area (Å²) >= 11 is 0. The molecule has 1 atom stereocenters. The number of hydrogen-bond acceptors (Lipinski definition) is 6. The highest BCUT2D eigenvalue weighted by molar-refractivity contribution is 5.80. The first kappa shape index (κ1) is 26.3. The molecule has 1 aromatic heterocycles. The molecule has 1 saturated heterocycles. The van der Waals surface area contributed by atoms with Crippen molar-refractivity contribution in [2.75, 3.05) is 18.5 Å². The second-order valence-corrected chi connectivity index (χ2v) is 9.82. The lowest BCUT2D eigenvalue weighted by Crippen LogP contribution is -2.51. The normalized spacial score (nSPS) is 18.5. The van der Waals surface area contributed by atoms with Crippen LogP contribution < -0.4 is 10.6 Å².